The van der Waals surface area contributed by atoms with Gasteiger partial charge < -0.3 is 19.9 Å². The highest BCUT2D eigenvalue weighted by molar-refractivity contribution is 6.04. The van der Waals surface area contributed by atoms with Crippen LogP contribution in [0.15, 0.2) is 48.9 Å². The number of anilines is 2. The molecule has 1 saturated heterocycles. The normalized spacial score (nSPS) is 14.2. The van der Waals surface area contributed by atoms with Crippen LogP contribution in [0.5, 0.6) is 0 Å². The van der Waals surface area contributed by atoms with Crippen molar-refractivity contribution in [3.8, 4) is 5.69 Å². The lowest BCUT2D eigenvalue weighted by Gasteiger charge is -2.36. The summed E-state index contributed by atoms with van der Waals surface area (Å²) in [5.41, 5.74) is 1.57. The Kier molecular flexibility index (Phi) is 6.20. The second-order valence-electron chi connectivity index (χ2n) is 8.61. The van der Waals surface area contributed by atoms with Crippen molar-refractivity contribution in [3.63, 3.8) is 0 Å². The number of ether oxygens (including phenoxy) is 1. The molecule has 0 saturated carbocycles. The number of pyridine rings is 1. The highest BCUT2D eigenvalue weighted by Gasteiger charge is 2.26. The zero-order chi connectivity index (χ0) is 23.4. The van der Waals surface area contributed by atoms with Gasteiger partial charge in [0.05, 0.1) is 17.6 Å². The Balaban J connectivity index is 1.33. The van der Waals surface area contributed by atoms with Gasteiger partial charge in [-0.15, -0.1) is 5.10 Å². The molecule has 4 rings (SSSR count). The molecule has 0 atom stereocenters. The SMILES string of the molecule is CC(C)(C)OC(=O)N1CCN(c2ccc(NC(=O)c3cccc(-n4cnnn4)c3)nc2)CC1. The molecule has 1 aliphatic heterocycles. The van der Waals surface area contributed by atoms with Crippen LogP contribution in [-0.2, 0) is 4.74 Å². The average Bonchev–Trinajstić information content (AvgIpc) is 3.34. The molecule has 1 aromatic carbocycles. The second kappa shape index (κ2) is 9.23. The Bertz CT molecular complexity index is 1100. The van der Waals surface area contributed by atoms with E-state index in [1.807, 2.05) is 32.9 Å². The molecule has 1 N–H and O–H groups in total. The molecule has 3 aromatic rings. The maximum atomic E-state index is 12.6. The Morgan fingerprint density at radius 3 is 2.45 bits per heavy atom. The molecule has 1 fully saturated rings. The van der Waals surface area contributed by atoms with Crippen LogP contribution in [0.4, 0.5) is 16.3 Å². The van der Waals surface area contributed by atoms with Gasteiger partial charge in [0.15, 0.2) is 0 Å². The fourth-order valence-corrected chi connectivity index (χ4v) is 3.38. The summed E-state index contributed by atoms with van der Waals surface area (Å²) in [6.07, 6.45) is 2.89. The van der Waals surface area contributed by atoms with Crippen molar-refractivity contribution in [1.82, 2.24) is 30.1 Å². The number of tetrazole rings is 1. The number of piperazine rings is 1. The van der Waals surface area contributed by atoms with Crippen LogP contribution in [0.3, 0.4) is 0 Å². The summed E-state index contributed by atoms with van der Waals surface area (Å²) in [6.45, 7) is 8.08. The van der Waals surface area contributed by atoms with Crippen molar-refractivity contribution in [2.24, 2.45) is 0 Å². The van der Waals surface area contributed by atoms with E-state index >= 15 is 0 Å². The van der Waals surface area contributed by atoms with Crippen LogP contribution in [0, 0.1) is 0 Å². The fourth-order valence-electron chi connectivity index (χ4n) is 3.38. The lowest BCUT2D eigenvalue weighted by Crippen LogP contribution is -2.50. The van der Waals surface area contributed by atoms with Gasteiger partial charge in [0.25, 0.3) is 5.91 Å². The summed E-state index contributed by atoms with van der Waals surface area (Å²) < 4.78 is 6.92. The molecule has 1 aliphatic rings. The molecular formula is C22H26N8O3. The molecule has 0 bridgehead atoms. The van der Waals surface area contributed by atoms with Gasteiger partial charge in [0.1, 0.15) is 17.7 Å². The third kappa shape index (κ3) is 5.62. The van der Waals surface area contributed by atoms with Gasteiger partial charge in [-0.2, -0.15) is 0 Å². The van der Waals surface area contributed by atoms with E-state index in [1.165, 1.54) is 11.0 Å². The molecule has 2 aromatic heterocycles. The minimum absolute atomic E-state index is 0.281. The predicted octanol–water partition coefficient (Wildman–Crippen LogP) is 2.37. The quantitative estimate of drug-likeness (QED) is 0.644. The van der Waals surface area contributed by atoms with E-state index in [-0.39, 0.29) is 12.0 Å². The Hall–Kier alpha value is -4.02. The van der Waals surface area contributed by atoms with Crippen molar-refractivity contribution < 1.29 is 14.3 Å². The van der Waals surface area contributed by atoms with E-state index in [1.54, 1.807) is 35.4 Å². The molecular weight excluding hydrogens is 424 g/mol. The van der Waals surface area contributed by atoms with Gasteiger partial charge in [0.2, 0.25) is 0 Å². The summed E-state index contributed by atoms with van der Waals surface area (Å²) in [4.78, 5) is 33.1. The van der Waals surface area contributed by atoms with Crippen LogP contribution < -0.4 is 10.2 Å². The molecule has 2 amide bonds. The lowest BCUT2D eigenvalue weighted by atomic mass is 10.2. The summed E-state index contributed by atoms with van der Waals surface area (Å²) >= 11 is 0. The Morgan fingerprint density at radius 2 is 1.82 bits per heavy atom. The maximum absolute atomic E-state index is 12.6. The van der Waals surface area contributed by atoms with E-state index < -0.39 is 5.60 Å². The maximum Gasteiger partial charge on any atom is 0.410 e. The number of amides is 2. The number of aromatic nitrogens is 5. The molecule has 172 valence electrons. The van der Waals surface area contributed by atoms with Gasteiger partial charge in [-0.1, -0.05) is 6.07 Å². The first kappa shape index (κ1) is 22.2. The Labute approximate surface area is 191 Å². The average molecular weight is 451 g/mol. The number of carbonyl (C=O) groups is 2. The van der Waals surface area contributed by atoms with Crippen molar-refractivity contribution >= 4 is 23.5 Å². The molecule has 33 heavy (non-hydrogen) atoms. The van der Waals surface area contributed by atoms with Crippen LogP contribution in [0.2, 0.25) is 0 Å². The first-order chi connectivity index (χ1) is 15.8. The van der Waals surface area contributed by atoms with Crippen LogP contribution in [-0.4, -0.2) is 73.9 Å². The van der Waals surface area contributed by atoms with Crippen LogP contribution in [0.25, 0.3) is 5.69 Å². The number of rotatable bonds is 4. The molecule has 11 nitrogen and oxygen atoms in total. The summed E-state index contributed by atoms with van der Waals surface area (Å²) in [6, 6.07) is 10.6. The largest absolute Gasteiger partial charge is 0.444 e. The number of benzene rings is 1. The zero-order valence-corrected chi connectivity index (χ0v) is 18.8. The highest BCUT2D eigenvalue weighted by atomic mass is 16.6. The first-order valence-electron chi connectivity index (χ1n) is 10.6. The third-order valence-electron chi connectivity index (χ3n) is 5.01. The predicted molar refractivity (Wildman–Crippen MR) is 121 cm³/mol. The number of hydrogen-bond acceptors (Lipinski definition) is 8. The van der Waals surface area contributed by atoms with Crippen molar-refractivity contribution in [2.75, 3.05) is 36.4 Å². The Morgan fingerprint density at radius 1 is 1.03 bits per heavy atom. The van der Waals surface area contributed by atoms with Crippen LogP contribution in [0.1, 0.15) is 31.1 Å². The number of hydrogen-bond donors (Lipinski definition) is 1. The van der Waals surface area contributed by atoms with Crippen molar-refractivity contribution in [3.05, 3.63) is 54.5 Å². The van der Waals surface area contributed by atoms with Crippen molar-refractivity contribution in [1.29, 1.82) is 0 Å². The standard InChI is InChI=1S/C22H26N8O3/c1-22(2,3)33-21(32)29-11-9-28(10-12-29)18-7-8-19(23-14-18)25-20(31)16-5-4-6-17(13-16)30-15-24-26-27-30/h4-8,13-15H,9-12H2,1-3H3,(H,23,25,31). The summed E-state index contributed by atoms with van der Waals surface area (Å²) in [5, 5.41) is 13.9. The van der Waals surface area contributed by atoms with E-state index in [4.69, 9.17) is 4.74 Å². The molecule has 0 spiro atoms. The summed E-state index contributed by atoms with van der Waals surface area (Å²) in [7, 11) is 0. The fraction of sp³-hybridized carbons (Fsp3) is 0.364. The number of nitrogens with one attached hydrogen (secondary N) is 1. The van der Waals surface area contributed by atoms with Gasteiger partial charge in [0, 0.05) is 31.7 Å². The van der Waals surface area contributed by atoms with E-state index in [0.717, 1.165) is 5.69 Å². The number of carbonyl (C=O) groups excluding carboxylic acids is 2. The highest BCUT2D eigenvalue weighted by Crippen LogP contribution is 2.19. The second-order valence-corrected chi connectivity index (χ2v) is 8.61. The molecule has 0 unspecified atom stereocenters. The third-order valence-corrected chi connectivity index (χ3v) is 5.01. The van der Waals surface area contributed by atoms with E-state index in [9.17, 15) is 9.59 Å². The number of nitrogens with zero attached hydrogens (tertiary/aromatic N) is 7. The minimum atomic E-state index is -0.507. The van der Waals surface area contributed by atoms with Crippen molar-refractivity contribution in [2.45, 2.75) is 26.4 Å². The van der Waals surface area contributed by atoms with Gasteiger partial charge in [-0.25, -0.2) is 14.5 Å². The van der Waals surface area contributed by atoms with E-state index in [2.05, 4.69) is 30.7 Å². The smallest absolute Gasteiger partial charge is 0.410 e. The van der Waals surface area contributed by atoms with Gasteiger partial charge in [-0.3, -0.25) is 4.79 Å². The molecule has 3 heterocycles. The van der Waals surface area contributed by atoms with Gasteiger partial charge >= 0.3 is 6.09 Å². The van der Waals surface area contributed by atoms with Gasteiger partial charge in [-0.05, 0) is 61.5 Å². The van der Waals surface area contributed by atoms with Crippen LogP contribution >= 0.6 is 0 Å². The first-order valence-corrected chi connectivity index (χ1v) is 10.6. The monoisotopic (exact) mass is 450 g/mol. The topological polar surface area (TPSA) is 118 Å². The minimum Gasteiger partial charge on any atom is -0.444 e. The summed E-state index contributed by atoms with van der Waals surface area (Å²) in [5.74, 6) is 0.167. The molecule has 0 radical (unpaired) electrons. The van der Waals surface area contributed by atoms with E-state index in [0.29, 0.717) is 43.2 Å². The lowest BCUT2D eigenvalue weighted by molar-refractivity contribution is 0.0240. The molecule has 11 heteroatoms. The zero-order valence-electron chi connectivity index (χ0n) is 18.8. The molecule has 0 aliphatic carbocycles.